The summed E-state index contributed by atoms with van der Waals surface area (Å²) in [6.45, 7) is 6.39. The lowest BCUT2D eigenvalue weighted by Gasteiger charge is -2.19. The number of hydrogen-bond donors (Lipinski definition) is 1. The van der Waals surface area contributed by atoms with Gasteiger partial charge in [-0.1, -0.05) is 63.2 Å². The van der Waals surface area contributed by atoms with E-state index in [0.29, 0.717) is 5.69 Å². The third-order valence-electron chi connectivity index (χ3n) is 3.87. The van der Waals surface area contributed by atoms with Crippen molar-refractivity contribution in [3.05, 3.63) is 66.2 Å². The van der Waals surface area contributed by atoms with Crippen LogP contribution in [0.25, 0.3) is 10.8 Å². The second kappa shape index (κ2) is 5.84. The molecule has 23 heavy (non-hydrogen) atoms. The average Bonchev–Trinajstić information content (AvgIpc) is 2.53. The highest BCUT2D eigenvalue weighted by Crippen LogP contribution is 2.34. The van der Waals surface area contributed by atoms with Gasteiger partial charge in [-0.15, -0.1) is 10.2 Å². The van der Waals surface area contributed by atoms with Crippen molar-refractivity contribution >= 4 is 22.1 Å². The summed E-state index contributed by atoms with van der Waals surface area (Å²) < 4.78 is 0. The van der Waals surface area contributed by atoms with Gasteiger partial charge in [0, 0.05) is 5.39 Å². The van der Waals surface area contributed by atoms with E-state index in [2.05, 4.69) is 31.0 Å². The molecule has 3 aromatic rings. The first-order valence-electron chi connectivity index (χ1n) is 7.68. The molecule has 1 N–H and O–H groups in total. The zero-order valence-electron chi connectivity index (χ0n) is 13.6. The van der Waals surface area contributed by atoms with E-state index in [-0.39, 0.29) is 11.2 Å². The summed E-state index contributed by atoms with van der Waals surface area (Å²) in [6, 6.07) is 19.5. The van der Waals surface area contributed by atoms with Crippen LogP contribution < -0.4 is 0 Å². The highest BCUT2D eigenvalue weighted by atomic mass is 16.3. The SMILES string of the molecule is CC(C)(C)c1ccc(O)c(N=Nc2cccc3ccccc23)c1. The second-order valence-corrected chi connectivity index (χ2v) is 6.65. The number of fused-ring (bicyclic) bond motifs is 1. The van der Waals surface area contributed by atoms with Gasteiger partial charge in [-0.2, -0.15) is 0 Å². The fourth-order valence-corrected chi connectivity index (χ4v) is 2.47. The minimum Gasteiger partial charge on any atom is -0.506 e. The normalized spacial score (nSPS) is 12.1. The van der Waals surface area contributed by atoms with E-state index in [1.807, 2.05) is 54.6 Å². The molecule has 0 unspecified atom stereocenters. The van der Waals surface area contributed by atoms with Crippen molar-refractivity contribution in [2.75, 3.05) is 0 Å². The summed E-state index contributed by atoms with van der Waals surface area (Å²) in [5.74, 6) is 0.141. The summed E-state index contributed by atoms with van der Waals surface area (Å²) in [4.78, 5) is 0. The lowest BCUT2D eigenvalue weighted by molar-refractivity contribution is 0.475. The maximum absolute atomic E-state index is 10.0. The van der Waals surface area contributed by atoms with Crippen LogP contribution in [0.4, 0.5) is 11.4 Å². The van der Waals surface area contributed by atoms with Crippen molar-refractivity contribution in [3.63, 3.8) is 0 Å². The van der Waals surface area contributed by atoms with Crippen LogP contribution in [0.15, 0.2) is 70.9 Å². The number of benzene rings is 3. The number of phenolic OH excluding ortho intramolecular Hbond substituents is 1. The third-order valence-corrected chi connectivity index (χ3v) is 3.87. The molecule has 0 radical (unpaired) electrons. The van der Waals surface area contributed by atoms with Crippen molar-refractivity contribution < 1.29 is 5.11 Å². The molecule has 0 aliphatic carbocycles. The van der Waals surface area contributed by atoms with Gasteiger partial charge in [-0.3, -0.25) is 0 Å². The van der Waals surface area contributed by atoms with E-state index >= 15 is 0 Å². The van der Waals surface area contributed by atoms with Gasteiger partial charge in [0.15, 0.2) is 0 Å². The second-order valence-electron chi connectivity index (χ2n) is 6.65. The standard InChI is InChI=1S/C20H20N2O/c1-20(2,3)15-11-12-19(23)18(13-15)22-21-17-10-6-8-14-7-4-5-9-16(14)17/h4-13,23H,1-3H3. The molecule has 0 bridgehead atoms. The Labute approximate surface area is 136 Å². The fraction of sp³-hybridized carbons (Fsp3) is 0.200. The van der Waals surface area contributed by atoms with Crippen LogP contribution in [0.5, 0.6) is 5.75 Å². The van der Waals surface area contributed by atoms with E-state index in [1.54, 1.807) is 6.07 Å². The van der Waals surface area contributed by atoms with E-state index in [4.69, 9.17) is 0 Å². The molecule has 3 rings (SSSR count). The van der Waals surface area contributed by atoms with Gasteiger partial charge in [0.05, 0.1) is 5.69 Å². The highest BCUT2D eigenvalue weighted by molar-refractivity contribution is 5.92. The van der Waals surface area contributed by atoms with Gasteiger partial charge in [0.25, 0.3) is 0 Å². The van der Waals surface area contributed by atoms with Gasteiger partial charge >= 0.3 is 0 Å². The quantitative estimate of drug-likeness (QED) is 0.558. The van der Waals surface area contributed by atoms with Crippen molar-refractivity contribution in [2.24, 2.45) is 10.2 Å². The minimum atomic E-state index is -0.00257. The monoisotopic (exact) mass is 304 g/mol. The molecule has 0 aliphatic rings. The lowest BCUT2D eigenvalue weighted by Crippen LogP contribution is -2.10. The summed E-state index contributed by atoms with van der Waals surface area (Å²) in [6.07, 6.45) is 0. The van der Waals surface area contributed by atoms with Crippen LogP contribution in [-0.4, -0.2) is 5.11 Å². The fourth-order valence-electron chi connectivity index (χ4n) is 2.47. The van der Waals surface area contributed by atoms with E-state index in [1.165, 1.54) is 0 Å². The van der Waals surface area contributed by atoms with Crippen molar-refractivity contribution in [1.82, 2.24) is 0 Å². The molecule has 0 heterocycles. The van der Waals surface area contributed by atoms with Crippen LogP contribution in [0.1, 0.15) is 26.3 Å². The molecule has 3 nitrogen and oxygen atoms in total. The van der Waals surface area contributed by atoms with Crippen LogP contribution in [0.2, 0.25) is 0 Å². The van der Waals surface area contributed by atoms with Gasteiger partial charge in [0.2, 0.25) is 0 Å². The smallest absolute Gasteiger partial charge is 0.143 e. The number of aromatic hydroxyl groups is 1. The first kappa shape index (κ1) is 15.2. The Morgan fingerprint density at radius 1 is 0.783 bits per heavy atom. The Hall–Kier alpha value is -2.68. The highest BCUT2D eigenvalue weighted by Gasteiger charge is 2.15. The number of nitrogens with zero attached hydrogens (tertiary/aromatic N) is 2. The maximum Gasteiger partial charge on any atom is 0.143 e. The van der Waals surface area contributed by atoms with Crippen molar-refractivity contribution in [1.29, 1.82) is 0 Å². The molecule has 0 aliphatic heterocycles. The Kier molecular flexibility index (Phi) is 3.87. The van der Waals surface area contributed by atoms with Gasteiger partial charge < -0.3 is 5.11 Å². The third kappa shape index (κ3) is 3.24. The van der Waals surface area contributed by atoms with Crippen molar-refractivity contribution in [3.8, 4) is 5.75 Å². The van der Waals surface area contributed by atoms with E-state index in [9.17, 15) is 5.11 Å². The molecule has 0 saturated carbocycles. The Balaban J connectivity index is 2.02. The molecule has 3 aromatic carbocycles. The molecule has 3 heteroatoms. The molecule has 0 amide bonds. The topological polar surface area (TPSA) is 45.0 Å². The van der Waals surface area contributed by atoms with Gasteiger partial charge in [-0.25, -0.2) is 0 Å². The van der Waals surface area contributed by atoms with Crippen LogP contribution in [0.3, 0.4) is 0 Å². The molecule has 0 atom stereocenters. The Bertz CT molecular complexity index is 871. The molecule has 0 saturated heterocycles. The number of hydrogen-bond acceptors (Lipinski definition) is 3. The summed E-state index contributed by atoms with van der Waals surface area (Å²) in [7, 11) is 0. The molecule has 116 valence electrons. The number of azo groups is 1. The number of phenols is 1. The molecule has 0 spiro atoms. The largest absolute Gasteiger partial charge is 0.506 e. The number of rotatable bonds is 2. The van der Waals surface area contributed by atoms with Gasteiger partial charge in [0.1, 0.15) is 11.4 Å². The van der Waals surface area contributed by atoms with Gasteiger partial charge in [-0.05, 0) is 34.6 Å². The predicted molar refractivity (Wildman–Crippen MR) is 94.9 cm³/mol. The lowest BCUT2D eigenvalue weighted by atomic mass is 9.87. The maximum atomic E-state index is 10.0. The zero-order chi connectivity index (χ0) is 16.4. The first-order valence-corrected chi connectivity index (χ1v) is 7.68. The molecule has 0 fully saturated rings. The molecular weight excluding hydrogens is 284 g/mol. The summed E-state index contributed by atoms with van der Waals surface area (Å²) in [5.41, 5.74) is 2.40. The zero-order valence-corrected chi connectivity index (χ0v) is 13.6. The average molecular weight is 304 g/mol. The summed E-state index contributed by atoms with van der Waals surface area (Å²) >= 11 is 0. The van der Waals surface area contributed by atoms with Crippen LogP contribution >= 0.6 is 0 Å². The minimum absolute atomic E-state index is 0.00257. The predicted octanol–water partition coefficient (Wildman–Crippen LogP) is 6.26. The Morgan fingerprint density at radius 2 is 1.48 bits per heavy atom. The first-order chi connectivity index (χ1) is 10.9. The molecule has 0 aromatic heterocycles. The van der Waals surface area contributed by atoms with Crippen LogP contribution in [-0.2, 0) is 5.41 Å². The van der Waals surface area contributed by atoms with Crippen molar-refractivity contribution in [2.45, 2.75) is 26.2 Å². The molecular formula is C20H20N2O. The van der Waals surface area contributed by atoms with Crippen LogP contribution in [0, 0.1) is 0 Å². The summed E-state index contributed by atoms with van der Waals surface area (Å²) in [5, 5.41) is 20.8. The van der Waals surface area contributed by atoms with E-state index < -0.39 is 0 Å². The Morgan fingerprint density at radius 3 is 2.26 bits per heavy atom. The van der Waals surface area contributed by atoms with E-state index in [0.717, 1.165) is 22.0 Å².